The van der Waals surface area contributed by atoms with Crippen LogP contribution in [0, 0.1) is 18.8 Å². The van der Waals surface area contributed by atoms with Crippen LogP contribution in [-0.2, 0) is 4.79 Å². The molecule has 4 nitrogen and oxygen atoms in total. The van der Waals surface area contributed by atoms with E-state index in [0.717, 1.165) is 17.7 Å². The van der Waals surface area contributed by atoms with Gasteiger partial charge >= 0.3 is 0 Å². The van der Waals surface area contributed by atoms with Gasteiger partial charge in [-0.3, -0.25) is 9.78 Å². The topological polar surface area (TPSA) is 68.0 Å². The quantitative estimate of drug-likeness (QED) is 0.813. The molecule has 4 heteroatoms. The molecule has 0 saturated heterocycles. The first-order valence-corrected chi connectivity index (χ1v) is 6.42. The molecule has 0 radical (unpaired) electrons. The summed E-state index contributed by atoms with van der Waals surface area (Å²) in [5.74, 6) is 0.827. The smallest absolute Gasteiger partial charge is 0.224 e. The van der Waals surface area contributed by atoms with E-state index in [4.69, 9.17) is 5.73 Å². The third-order valence-corrected chi connectivity index (χ3v) is 2.77. The Labute approximate surface area is 109 Å². The molecule has 0 fully saturated rings. The lowest BCUT2D eigenvalue weighted by atomic mass is 9.94. The van der Waals surface area contributed by atoms with Crippen LogP contribution >= 0.6 is 0 Å². The fourth-order valence-electron chi connectivity index (χ4n) is 2.03. The van der Waals surface area contributed by atoms with Gasteiger partial charge in [-0.1, -0.05) is 13.8 Å². The lowest BCUT2D eigenvalue weighted by Crippen LogP contribution is -2.23. The molecule has 18 heavy (non-hydrogen) atoms. The van der Waals surface area contributed by atoms with Crippen molar-refractivity contribution < 1.29 is 4.79 Å². The van der Waals surface area contributed by atoms with E-state index in [2.05, 4.69) is 24.1 Å². The predicted octanol–water partition coefficient (Wildman–Crippen LogP) is 2.34. The lowest BCUT2D eigenvalue weighted by molar-refractivity contribution is -0.117. The van der Waals surface area contributed by atoms with Gasteiger partial charge in [0, 0.05) is 12.6 Å². The number of rotatable bonds is 6. The minimum Gasteiger partial charge on any atom is -0.330 e. The van der Waals surface area contributed by atoms with Crippen molar-refractivity contribution in [2.24, 2.45) is 17.6 Å². The Morgan fingerprint density at radius 2 is 2.17 bits per heavy atom. The molecule has 0 aromatic carbocycles. The van der Waals surface area contributed by atoms with Gasteiger partial charge in [0.2, 0.25) is 5.91 Å². The molecule has 0 aliphatic heterocycles. The normalized spacial score (nSPS) is 12.5. The van der Waals surface area contributed by atoms with Crippen LogP contribution in [0.5, 0.6) is 0 Å². The zero-order valence-corrected chi connectivity index (χ0v) is 11.4. The van der Waals surface area contributed by atoms with Crippen molar-refractivity contribution in [2.45, 2.75) is 33.6 Å². The Kier molecular flexibility index (Phi) is 5.78. The van der Waals surface area contributed by atoms with Crippen molar-refractivity contribution in [3.8, 4) is 0 Å². The standard InChI is InChI=1S/C14H23N3O/c1-10(2)4-12(7-15)6-14(18)17-13-5-11(3)8-16-9-13/h5,8-10,12H,4,6-7,15H2,1-3H3,(H,17,18)/t12-/m0/s1. The molecule has 1 rings (SSSR count). The summed E-state index contributed by atoms with van der Waals surface area (Å²) < 4.78 is 0. The molecule has 1 aromatic heterocycles. The number of nitrogens with one attached hydrogen (secondary N) is 1. The number of aromatic nitrogens is 1. The van der Waals surface area contributed by atoms with Crippen LogP contribution in [0.2, 0.25) is 0 Å². The highest BCUT2D eigenvalue weighted by atomic mass is 16.1. The Morgan fingerprint density at radius 3 is 2.72 bits per heavy atom. The third-order valence-electron chi connectivity index (χ3n) is 2.77. The fraction of sp³-hybridized carbons (Fsp3) is 0.571. The van der Waals surface area contributed by atoms with Crippen LogP contribution in [0.3, 0.4) is 0 Å². The van der Waals surface area contributed by atoms with Gasteiger partial charge in [-0.15, -0.1) is 0 Å². The molecule has 3 N–H and O–H groups in total. The maximum Gasteiger partial charge on any atom is 0.224 e. The monoisotopic (exact) mass is 249 g/mol. The fourth-order valence-corrected chi connectivity index (χ4v) is 2.03. The molecule has 1 amide bonds. The van der Waals surface area contributed by atoms with Gasteiger partial charge in [-0.2, -0.15) is 0 Å². The number of carbonyl (C=O) groups is 1. The molecule has 0 aliphatic carbocycles. The minimum absolute atomic E-state index is 0.0125. The summed E-state index contributed by atoms with van der Waals surface area (Å²) in [5, 5.41) is 2.86. The lowest BCUT2D eigenvalue weighted by Gasteiger charge is -2.16. The van der Waals surface area contributed by atoms with Crippen LogP contribution in [0.25, 0.3) is 0 Å². The van der Waals surface area contributed by atoms with Crippen molar-refractivity contribution in [1.82, 2.24) is 4.98 Å². The van der Waals surface area contributed by atoms with Crippen molar-refractivity contribution >= 4 is 11.6 Å². The summed E-state index contributed by atoms with van der Waals surface area (Å²) in [4.78, 5) is 15.9. The van der Waals surface area contributed by atoms with E-state index in [9.17, 15) is 4.79 Å². The zero-order valence-electron chi connectivity index (χ0n) is 11.4. The molecule has 1 atom stereocenters. The van der Waals surface area contributed by atoms with E-state index in [1.165, 1.54) is 0 Å². The van der Waals surface area contributed by atoms with E-state index in [-0.39, 0.29) is 11.8 Å². The van der Waals surface area contributed by atoms with Crippen molar-refractivity contribution in [2.75, 3.05) is 11.9 Å². The largest absolute Gasteiger partial charge is 0.330 e. The van der Waals surface area contributed by atoms with Crippen LogP contribution < -0.4 is 11.1 Å². The summed E-state index contributed by atoms with van der Waals surface area (Å²) in [6, 6.07) is 1.91. The second-order valence-electron chi connectivity index (χ2n) is 5.23. The number of hydrogen-bond donors (Lipinski definition) is 2. The number of nitrogens with zero attached hydrogens (tertiary/aromatic N) is 1. The second-order valence-corrected chi connectivity index (χ2v) is 5.23. The summed E-state index contributed by atoms with van der Waals surface area (Å²) in [5.41, 5.74) is 7.48. The molecular weight excluding hydrogens is 226 g/mol. The zero-order chi connectivity index (χ0) is 13.5. The van der Waals surface area contributed by atoms with E-state index < -0.39 is 0 Å². The van der Waals surface area contributed by atoms with Crippen molar-refractivity contribution in [1.29, 1.82) is 0 Å². The number of pyridine rings is 1. The highest BCUT2D eigenvalue weighted by Gasteiger charge is 2.14. The molecule has 1 aromatic rings. The van der Waals surface area contributed by atoms with Crippen LogP contribution in [0.4, 0.5) is 5.69 Å². The predicted molar refractivity (Wildman–Crippen MR) is 74.2 cm³/mol. The Hall–Kier alpha value is -1.42. The molecule has 0 saturated carbocycles. The van der Waals surface area contributed by atoms with Gasteiger partial charge in [0.15, 0.2) is 0 Å². The highest BCUT2D eigenvalue weighted by molar-refractivity contribution is 5.90. The summed E-state index contributed by atoms with van der Waals surface area (Å²) in [6.45, 7) is 6.79. The van der Waals surface area contributed by atoms with Crippen LogP contribution in [-0.4, -0.2) is 17.4 Å². The second kappa shape index (κ2) is 7.11. The van der Waals surface area contributed by atoms with Crippen molar-refractivity contribution in [3.63, 3.8) is 0 Å². The number of aryl methyl sites for hydroxylation is 1. The number of anilines is 1. The van der Waals surface area contributed by atoms with Gasteiger partial charge in [0.05, 0.1) is 11.9 Å². The van der Waals surface area contributed by atoms with Gasteiger partial charge in [0.25, 0.3) is 0 Å². The van der Waals surface area contributed by atoms with E-state index in [1.54, 1.807) is 12.4 Å². The molecule has 100 valence electrons. The number of amides is 1. The van der Waals surface area contributed by atoms with Gasteiger partial charge in [-0.25, -0.2) is 0 Å². The molecule has 0 bridgehead atoms. The van der Waals surface area contributed by atoms with Gasteiger partial charge in [0.1, 0.15) is 0 Å². The van der Waals surface area contributed by atoms with E-state index in [0.29, 0.717) is 18.9 Å². The average molecular weight is 249 g/mol. The van der Waals surface area contributed by atoms with E-state index in [1.807, 2.05) is 13.0 Å². The van der Waals surface area contributed by atoms with Crippen molar-refractivity contribution in [3.05, 3.63) is 24.0 Å². The summed E-state index contributed by atoms with van der Waals surface area (Å²) in [6.07, 6.45) is 4.88. The Balaban J connectivity index is 2.50. The maximum atomic E-state index is 11.9. The first-order valence-electron chi connectivity index (χ1n) is 6.42. The molecule has 0 aliphatic rings. The van der Waals surface area contributed by atoms with Crippen LogP contribution in [0.1, 0.15) is 32.3 Å². The first kappa shape index (κ1) is 14.6. The summed E-state index contributed by atoms with van der Waals surface area (Å²) in [7, 11) is 0. The van der Waals surface area contributed by atoms with Gasteiger partial charge in [-0.05, 0) is 43.4 Å². The number of hydrogen-bond acceptors (Lipinski definition) is 3. The maximum absolute atomic E-state index is 11.9. The summed E-state index contributed by atoms with van der Waals surface area (Å²) >= 11 is 0. The molecule has 0 unspecified atom stereocenters. The highest BCUT2D eigenvalue weighted by Crippen LogP contribution is 2.15. The number of carbonyl (C=O) groups excluding carboxylic acids is 1. The van der Waals surface area contributed by atoms with Crippen LogP contribution in [0.15, 0.2) is 18.5 Å². The SMILES string of the molecule is Cc1cncc(NC(=O)C[C@@H](CN)CC(C)C)c1. The molecule has 1 heterocycles. The average Bonchev–Trinajstić information content (AvgIpc) is 2.27. The Bertz CT molecular complexity index is 390. The Morgan fingerprint density at radius 1 is 1.44 bits per heavy atom. The van der Waals surface area contributed by atoms with E-state index >= 15 is 0 Å². The number of nitrogens with two attached hydrogens (primary N) is 1. The first-order chi connectivity index (χ1) is 8.51. The molecule has 0 spiro atoms. The molecular formula is C14H23N3O. The minimum atomic E-state index is 0.0125. The van der Waals surface area contributed by atoms with Gasteiger partial charge < -0.3 is 11.1 Å². The third kappa shape index (κ3) is 5.27.